The molecule has 3 aromatic rings. The summed E-state index contributed by atoms with van der Waals surface area (Å²) in [4.78, 5) is 71.4. The molecule has 1 aliphatic carbocycles. The Morgan fingerprint density at radius 1 is 0.719 bits per heavy atom. The Bertz CT molecular complexity index is 1760. The zero-order valence-corrected chi connectivity index (χ0v) is 32.5. The van der Waals surface area contributed by atoms with Crippen LogP contribution in [0, 0.1) is 5.92 Å². The van der Waals surface area contributed by atoms with E-state index in [4.69, 9.17) is 14.2 Å². The van der Waals surface area contributed by atoms with Crippen LogP contribution in [-0.2, 0) is 48.2 Å². The number of esters is 1. The van der Waals surface area contributed by atoms with Gasteiger partial charge in [0.25, 0.3) is 0 Å². The van der Waals surface area contributed by atoms with Gasteiger partial charge in [-0.15, -0.1) is 4.99 Å². The summed E-state index contributed by atoms with van der Waals surface area (Å²) < 4.78 is 15.6. The largest absolute Gasteiger partial charge is 0.468 e. The second-order valence-corrected chi connectivity index (χ2v) is 14.4. The fraction of sp³-hybridized carbons (Fsp3) is 0.442. The SMILES string of the molecule is COC(=O)CNC(CC1CCCCC1)C(=O)N[C@H](Cc1ccccc1)C(=O)NC1CCN(C(=NC(=O)OCc2ccccc2)NC(=O)OCc2ccccc2)CC1. The van der Waals surface area contributed by atoms with Crippen LogP contribution in [-0.4, -0.2) is 85.7 Å². The Balaban J connectivity index is 1.22. The lowest BCUT2D eigenvalue weighted by Gasteiger charge is -2.34. The van der Waals surface area contributed by atoms with Crippen molar-refractivity contribution in [3.8, 4) is 0 Å². The molecule has 1 unspecified atom stereocenters. The highest BCUT2D eigenvalue weighted by molar-refractivity contribution is 5.99. The van der Waals surface area contributed by atoms with Crippen molar-refractivity contribution in [2.24, 2.45) is 10.9 Å². The fourth-order valence-corrected chi connectivity index (χ4v) is 7.05. The van der Waals surface area contributed by atoms with Crippen LogP contribution in [0.3, 0.4) is 0 Å². The van der Waals surface area contributed by atoms with Crippen molar-refractivity contribution in [1.82, 2.24) is 26.2 Å². The molecule has 1 aliphatic heterocycles. The molecule has 1 saturated carbocycles. The molecule has 4 N–H and O–H groups in total. The summed E-state index contributed by atoms with van der Waals surface area (Å²) in [7, 11) is 1.30. The summed E-state index contributed by atoms with van der Waals surface area (Å²) in [5.74, 6) is -0.839. The molecule has 0 spiro atoms. The Morgan fingerprint density at radius 2 is 1.30 bits per heavy atom. The summed E-state index contributed by atoms with van der Waals surface area (Å²) in [6.45, 7) is 0.587. The average Bonchev–Trinajstić information content (AvgIpc) is 3.24. The molecule has 14 nitrogen and oxygen atoms in total. The Morgan fingerprint density at radius 3 is 1.89 bits per heavy atom. The van der Waals surface area contributed by atoms with Gasteiger partial charge in [0.1, 0.15) is 19.3 Å². The van der Waals surface area contributed by atoms with Gasteiger partial charge in [-0.25, -0.2) is 9.59 Å². The lowest BCUT2D eigenvalue weighted by atomic mass is 9.84. The van der Waals surface area contributed by atoms with Crippen molar-refractivity contribution in [2.75, 3.05) is 26.7 Å². The maximum Gasteiger partial charge on any atom is 0.437 e. The molecule has 2 fully saturated rings. The number of carbonyl (C=O) groups excluding carboxylic acids is 5. The smallest absolute Gasteiger partial charge is 0.437 e. The van der Waals surface area contributed by atoms with Crippen molar-refractivity contribution in [1.29, 1.82) is 0 Å². The second kappa shape index (κ2) is 22.7. The van der Waals surface area contributed by atoms with Crippen LogP contribution in [0.1, 0.15) is 68.1 Å². The van der Waals surface area contributed by atoms with Crippen molar-refractivity contribution in [3.05, 3.63) is 108 Å². The number of piperidine rings is 1. The van der Waals surface area contributed by atoms with E-state index in [0.717, 1.165) is 42.4 Å². The quantitative estimate of drug-likeness (QED) is 0.0710. The highest BCUT2D eigenvalue weighted by atomic mass is 16.6. The number of amides is 4. The number of aliphatic imine (C=N–C) groups is 1. The molecule has 57 heavy (non-hydrogen) atoms. The van der Waals surface area contributed by atoms with E-state index in [9.17, 15) is 24.0 Å². The number of hydrogen-bond acceptors (Lipinski definition) is 9. The van der Waals surface area contributed by atoms with E-state index in [1.165, 1.54) is 13.5 Å². The second-order valence-electron chi connectivity index (χ2n) is 14.4. The number of methoxy groups -OCH3 is 1. The molecule has 0 aromatic heterocycles. The molecular formula is C43H54N6O8. The molecule has 0 radical (unpaired) electrons. The first-order chi connectivity index (χ1) is 27.7. The molecule has 2 atom stereocenters. The van der Waals surface area contributed by atoms with E-state index in [-0.39, 0.29) is 50.0 Å². The third kappa shape index (κ3) is 14.7. The predicted molar refractivity (Wildman–Crippen MR) is 214 cm³/mol. The lowest BCUT2D eigenvalue weighted by Crippen LogP contribution is -2.57. The van der Waals surface area contributed by atoms with Gasteiger partial charge in [0.15, 0.2) is 0 Å². The summed E-state index contributed by atoms with van der Waals surface area (Å²) in [6.07, 6.45) is 5.49. The molecule has 3 aromatic carbocycles. The monoisotopic (exact) mass is 782 g/mol. The van der Waals surface area contributed by atoms with Crippen LogP contribution < -0.4 is 21.3 Å². The van der Waals surface area contributed by atoms with Gasteiger partial charge in [0, 0.05) is 25.6 Å². The summed E-state index contributed by atoms with van der Waals surface area (Å²) in [5.41, 5.74) is 2.46. The van der Waals surface area contributed by atoms with Crippen LogP contribution in [0.2, 0.25) is 0 Å². The number of hydrogen-bond donors (Lipinski definition) is 4. The van der Waals surface area contributed by atoms with Gasteiger partial charge in [-0.2, -0.15) is 0 Å². The number of nitrogens with one attached hydrogen (secondary N) is 4. The highest BCUT2D eigenvalue weighted by Gasteiger charge is 2.31. The minimum atomic E-state index is -0.885. The summed E-state index contributed by atoms with van der Waals surface area (Å²) >= 11 is 0. The first kappa shape index (κ1) is 42.4. The van der Waals surface area contributed by atoms with Gasteiger partial charge >= 0.3 is 18.2 Å². The Hall–Kier alpha value is -5.76. The number of benzene rings is 3. The van der Waals surface area contributed by atoms with Crippen LogP contribution in [0.5, 0.6) is 0 Å². The normalized spacial score (nSPS) is 16.1. The topological polar surface area (TPSA) is 177 Å². The number of guanidine groups is 1. The third-order valence-corrected chi connectivity index (χ3v) is 10.2. The Kier molecular flexibility index (Phi) is 16.9. The molecule has 4 amide bonds. The minimum absolute atomic E-state index is 0.00632. The molecule has 1 saturated heterocycles. The van der Waals surface area contributed by atoms with Gasteiger partial charge in [-0.1, -0.05) is 123 Å². The summed E-state index contributed by atoms with van der Waals surface area (Å²) in [5, 5.41) is 11.8. The van der Waals surface area contributed by atoms with E-state index in [0.29, 0.717) is 38.3 Å². The van der Waals surface area contributed by atoms with Crippen LogP contribution in [0.15, 0.2) is 96.0 Å². The van der Waals surface area contributed by atoms with Crippen LogP contribution in [0.4, 0.5) is 9.59 Å². The maximum absolute atomic E-state index is 14.0. The van der Waals surface area contributed by atoms with Gasteiger partial charge in [-0.3, -0.25) is 25.0 Å². The fourth-order valence-electron chi connectivity index (χ4n) is 7.05. The van der Waals surface area contributed by atoms with E-state index in [1.807, 2.05) is 91.0 Å². The first-order valence-electron chi connectivity index (χ1n) is 19.7. The molecule has 1 heterocycles. The van der Waals surface area contributed by atoms with Gasteiger partial charge < -0.3 is 29.7 Å². The zero-order valence-electron chi connectivity index (χ0n) is 32.5. The first-order valence-corrected chi connectivity index (χ1v) is 19.7. The molecular weight excluding hydrogens is 729 g/mol. The number of nitrogens with zero attached hydrogens (tertiary/aromatic N) is 2. The zero-order chi connectivity index (χ0) is 40.2. The van der Waals surface area contributed by atoms with E-state index < -0.39 is 30.2 Å². The van der Waals surface area contributed by atoms with Crippen molar-refractivity contribution in [3.63, 3.8) is 0 Å². The number of carbonyl (C=O) groups is 5. The van der Waals surface area contributed by atoms with Crippen molar-refractivity contribution < 1.29 is 38.2 Å². The van der Waals surface area contributed by atoms with E-state index in [1.54, 1.807) is 4.90 Å². The highest BCUT2D eigenvalue weighted by Crippen LogP contribution is 2.27. The van der Waals surface area contributed by atoms with Gasteiger partial charge in [0.2, 0.25) is 17.8 Å². The van der Waals surface area contributed by atoms with E-state index >= 15 is 0 Å². The molecule has 5 rings (SSSR count). The van der Waals surface area contributed by atoms with Gasteiger partial charge in [0.05, 0.1) is 19.7 Å². The van der Waals surface area contributed by atoms with Crippen molar-refractivity contribution in [2.45, 2.75) is 89.1 Å². The number of alkyl carbamates (subject to hydrolysis) is 1. The predicted octanol–water partition coefficient (Wildman–Crippen LogP) is 5.02. The van der Waals surface area contributed by atoms with Crippen LogP contribution >= 0.6 is 0 Å². The summed E-state index contributed by atoms with van der Waals surface area (Å²) in [6, 6.07) is 26.0. The Labute approximate surface area is 334 Å². The number of likely N-dealkylation sites (tertiary alicyclic amines) is 1. The molecule has 2 aliphatic rings. The lowest BCUT2D eigenvalue weighted by molar-refractivity contribution is -0.140. The standard InChI is InChI=1S/C43H54N6O8/c1-55-38(50)28-44-36(26-31-14-6-2-7-15-31)39(51)46-37(27-32-16-8-3-9-17-32)40(52)45-35-22-24-49(25-23-35)41(47-42(53)56-29-33-18-10-4-11-19-33)48-43(54)57-30-34-20-12-5-13-21-34/h3-5,8-13,16-21,31,35-37,44H,2,6-7,14-15,22-30H2,1H3,(H,45,52)(H,46,51)(H,47,48,53,54)/t36?,37-/m1/s1. The maximum atomic E-state index is 14.0. The van der Waals surface area contributed by atoms with E-state index in [2.05, 4.69) is 26.3 Å². The number of ether oxygens (including phenoxy) is 3. The van der Waals surface area contributed by atoms with Gasteiger partial charge in [-0.05, 0) is 41.9 Å². The average molecular weight is 783 g/mol. The van der Waals surface area contributed by atoms with Crippen LogP contribution in [0.25, 0.3) is 0 Å². The molecule has 304 valence electrons. The van der Waals surface area contributed by atoms with Crippen molar-refractivity contribution >= 4 is 35.9 Å². The molecule has 14 heteroatoms. The number of rotatable bonds is 15. The third-order valence-electron chi connectivity index (χ3n) is 10.2. The molecule has 0 bridgehead atoms. The minimum Gasteiger partial charge on any atom is -0.468 e.